The molecule has 0 heterocycles. The molecule has 17 heavy (non-hydrogen) atoms. The van der Waals surface area contributed by atoms with Gasteiger partial charge in [0, 0.05) is 6.08 Å². The molecule has 0 aliphatic heterocycles. The molecule has 6 heteroatoms. The highest BCUT2D eigenvalue weighted by Crippen LogP contribution is 2.23. The van der Waals surface area contributed by atoms with Crippen molar-refractivity contribution >= 4 is 5.97 Å². The van der Waals surface area contributed by atoms with Gasteiger partial charge in [0.2, 0.25) is 0 Å². The lowest BCUT2D eigenvalue weighted by Crippen LogP contribution is -2.61. The van der Waals surface area contributed by atoms with Crippen molar-refractivity contribution in [1.82, 2.24) is 4.90 Å². The first kappa shape index (κ1) is 16.1. The predicted octanol–water partition coefficient (Wildman–Crippen LogP) is -0.207. The van der Waals surface area contributed by atoms with Crippen LogP contribution in [0.4, 0.5) is 0 Å². The number of nitrogens with zero attached hydrogens (tertiary/aromatic N) is 1. The maximum absolute atomic E-state index is 10.8. The fourth-order valence-corrected chi connectivity index (χ4v) is 1.69. The number of carbonyl (C=O) groups is 1. The van der Waals surface area contributed by atoms with Crippen LogP contribution >= 0.6 is 0 Å². The van der Waals surface area contributed by atoms with Crippen LogP contribution in [-0.2, 0) is 9.53 Å². The average molecular weight is 247 g/mol. The van der Waals surface area contributed by atoms with Gasteiger partial charge < -0.3 is 20.1 Å². The van der Waals surface area contributed by atoms with Crippen LogP contribution in [-0.4, -0.2) is 50.5 Å². The second-order valence-corrected chi connectivity index (χ2v) is 4.67. The van der Waals surface area contributed by atoms with Crippen molar-refractivity contribution in [3.63, 3.8) is 0 Å². The molecule has 1 unspecified atom stereocenters. The Morgan fingerprint density at radius 3 is 2.06 bits per heavy atom. The summed E-state index contributed by atoms with van der Waals surface area (Å²) in [5, 5.41) is 29.5. The smallest absolute Gasteiger partial charge is 0.330 e. The van der Waals surface area contributed by atoms with E-state index in [1.165, 1.54) is 27.7 Å². The Hall–Kier alpha value is -0.950. The molecule has 0 aromatic carbocycles. The largest absolute Gasteiger partial charge is 0.458 e. The minimum Gasteiger partial charge on any atom is -0.458 e. The third-order valence-electron chi connectivity index (χ3n) is 2.02. The zero-order valence-corrected chi connectivity index (χ0v) is 10.7. The molecule has 0 rings (SSSR count). The topological polar surface area (TPSA) is 90.2 Å². The van der Waals surface area contributed by atoms with Gasteiger partial charge in [0.1, 0.15) is 24.3 Å². The van der Waals surface area contributed by atoms with Crippen LogP contribution in [0.5, 0.6) is 0 Å². The molecule has 0 bridgehead atoms. The number of esters is 1. The third kappa shape index (κ3) is 5.27. The quantitative estimate of drug-likeness (QED) is 0.342. The van der Waals surface area contributed by atoms with E-state index >= 15 is 0 Å². The van der Waals surface area contributed by atoms with Gasteiger partial charge in [0.15, 0.2) is 0 Å². The Morgan fingerprint density at radius 2 is 1.76 bits per heavy atom. The van der Waals surface area contributed by atoms with Crippen molar-refractivity contribution in [2.75, 3.05) is 6.61 Å². The van der Waals surface area contributed by atoms with Crippen molar-refractivity contribution in [2.24, 2.45) is 0 Å². The Balaban J connectivity index is 4.73. The molecule has 0 aliphatic rings. The Bertz CT molecular complexity index is 263. The second-order valence-electron chi connectivity index (χ2n) is 4.67. The molecule has 6 nitrogen and oxygen atoms in total. The Morgan fingerprint density at radius 1 is 1.35 bits per heavy atom. The summed E-state index contributed by atoms with van der Waals surface area (Å²) in [5.41, 5.74) is -2.95. The van der Waals surface area contributed by atoms with E-state index in [2.05, 4.69) is 11.3 Å². The van der Waals surface area contributed by atoms with E-state index in [1.54, 1.807) is 0 Å². The highest BCUT2D eigenvalue weighted by Gasteiger charge is 2.40. The van der Waals surface area contributed by atoms with E-state index in [0.717, 1.165) is 11.0 Å². The summed E-state index contributed by atoms with van der Waals surface area (Å²) in [7, 11) is 0. The third-order valence-corrected chi connectivity index (χ3v) is 2.02. The summed E-state index contributed by atoms with van der Waals surface area (Å²) in [6, 6.07) is 0. The summed E-state index contributed by atoms with van der Waals surface area (Å²) in [4.78, 5) is 11.9. The number of aliphatic hydroxyl groups is 3. The summed E-state index contributed by atoms with van der Waals surface area (Å²) < 4.78 is 4.65. The van der Waals surface area contributed by atoms with Gasteiger partial charge in [-0.2, -0.15) is 0 Å². The van der Waals surface area contributed by atoms with Gasteiger partial charge in [-0.15, -0.1) is 0 Å². The maximum Gasteiger partial charge on any atom is 0.330 e. The van der Waals surface area contributed by atoms with Crippen molar-refractivity contribution in [3.8, 4) is 0 Å². The van der Waals surface area contributed by atoms with Gasteiger partial charge in [-0.05, 0) is 27.7 Å². The molecule has 100 valence electrons. The predicted molar refractivity (Wildman–Crippen MR) is 61.6 cm³/mol. The van der Waals surface area contributed by atoms with Crippen molar-refractivity contribution in [2.45, 2.75) is 45.4 Å². The molecule has 0 fully saturated rings. The summed E-state index contributed by atoms with van der Waals surface area (Å²) in [6.07, 6.45) is -0.371. The van der Waals surface area contributed by atoms with E-state index in [4.69, 9.17) is 0 Å². The first-order chi connectivity index (χ1) is 7.50. The van der Waals surface area contributed by atoms with Crippen molar-refractivity contribution in [1.29, 1.82) is 0 Å². The molecule has 0 saturated carbocycles. The summed E-state index contributed by atoms with van der Waals surface area (Å²) in [5.74, 6) is -0.685. The first-order valence-electron chi connectivity index (χ1n) is 5.21. The first-order valence-corrected chi connectivity index (χ1v) is 5.21. The van der Waals surface area contributed by atoms with Crippen LogP contribution in [0.15, 0.2) is 12.7 Å². The number of hydrogen-bond donors (Lipinski definition) is 3. The molecule has 0 aromatic heterocycles. The van der Waals surface area contributed by atoms with E-state index in [-0.39, 0.29) is 6.61 Å². The number of carbonyl (C=O) groups excluding carboxylic acids is 1. The molecule has 0 radical (unpaired) electrons. The average Bonchev–Trinajstić information content (AvgIpc) is 2.09. The van der Waals surface area contributed by atoms with Crippen LogP contribution in [0.25, 0.3) is 0 Å². The van der Waals surface area contributed by atoms with E-state index in [1.807, 2.05) is 0 Å². The molecular weight excluding hydrogens is 226 g/mol. The fraction of sp³-hybridized carbons (Fsp3) is 0.727. The Kier molecular flexibility index (Phi) is 5.28. The zero-order chi connectivity index (χ0) is 13.9. The van der Waals surface area contributed by atoms with Gasteiger partial charge in [-0.1, -0.05) is 6.58 Å². The van der Waals surface area contributed by atoms with Crippen LogP contribution in [0.3, 0.4) is 0 Å². The summed E-state index contributed by atoms with van der Waals surface area (Å²) >= 11 is 0. The fourth-order valence-electron chi connectivity index (χ4n) is 1.69. The molecular formula is C11H21NO5. The number of aliphatic hydroxyl groups excluding tert-OH is 1. The highest BCUT2D eigenvalue weighted by atomic mass is 16.5. The lowest BCUT2D eigenvalue weighted by Gasteiger charge is -2.44. The number of ether oxygens (including phenoxy) is 1. The van der Waals surface area contributed by atoms with Crippen LogP contribution in [0, 0.1) is 0 Å². The lowest BCUT2D eigenvalue weighted by atomic mass is 10.1. The van der Waals surface area contributed by atoms with Gasteiger partial charge in [-0.25, -0.2) is 9.69 Å². The highest BCUT2D eigenvalue weighted by molar-refractivity contribution is 5.81. The monoisotopic (exact) mass is 247 g/mol. The second kappa shape index (κ2) is 5.59. The minimum atomic E-state index is -1.47. The molecule has 1 atom stereocenters. The van der Waals surface area contributed by atoms with Crippen LogP contribution in [0.2, 0.25) is 0 Å². The normalized spacial score (nSPS) is 14.6. The number of rotatable bonds is 6. The molecule has 0 amide bonds. The molecule has 0 spiro atoms. The van der Waals surface area contributed by atoms with Gasteiger partial charge in [0.05, 0.1) is 0 Å². The van der Waals surface area contributed by atoms with Crippen LogP contribution in [0.1, 0.15) is 27.7 Å². The lowest BCUT2D eigenvalue weighted by molar-refractivity contribution is -0.264. The van der Waals surface area contributed by atoms with E-state index in [9.17, 15) is 20.1 Å². The zero-order valence-electron chi connectivity index (χ0n) is 10.7. The Labute approximate surface area is 101 Å². The van der Waals surface area contributed by atoms with Gasteiger partial charge in [0.25, 0.3) is 0 Å². The standard InChI is InChI=1S/C11H21NO5/c1-6-9(14)17-7-8(13)12(10(2,3)15)11(4,5)16/h6,8,13,15-16H,1,7H2,2-5H3. The molecule has 3 N–H and O–H groups in total. The SMILES string of the molecule is C=CC(=O)OCC(O)N(C(C)(C)O)C(C)(C)O. The van der Waals surface area contributed by atoms with E-state index < -0.39 is 23.6 Å². The van der Waals surface area contributed by atoms with Crippen molar-refractivity contribution in [3.05, 3.63) is 12.7 Å². The van der Waals surface area contributed by atoms with Crippen molar-refractivity contribution < 1.29 is 24.9 Å². The molecule has 0 aliphatic carbocycles. The van der Waals surface area contributed by atoms with Gasteiger partial charge >= 0.3 is 5.97 Å². The molecule has 0 saturated heterocycles. The van der Waals surface area contributed by atoms with Crippen LogP contribution < -0.4 is 0 Å². The molecule has 0 aromatic rings. The number of hydrogen-bond acceptors (Lipinski definition) is 6. The van der Waals surface area contributed by atoms with E-state index in [0.29, 0.717) is 0 Å². The summed E-state index contributed by atoms with van der Waals surface area (Å²) in [6.45, 7) is 8.46. The maximum atomic E-state index is 10.8. The minimum absolute atomic E-state index is 0.376. The van der Waals surface area contributed by atoms with Gasteiger partial charge in [-0.3, -0.25) is 0 Å².